The highest BCUT2D eigenvalue weighted by molar-refractivity contribution is 5.07. The number of nitrogens with zero attached hydrogens (tertiary/aromatic N) is 1. The molecule has 0 spiro atoms. The zero-order chi connectivity index (χ0) is 8.10. The van der Waals surface area contributed by atoms with Gasteiger partial charge in [0, 0.05) is 20.2 Å². The molecule has 1 rings (SSSR count). The highest BCUT2D eigenvalue weighted by atomic mass is 16.5. The van der Waals surface area contributed by atoms with Gasteiger partial charge in [-0.1, -0.05) is 13.0 Å². The number of methoxy groups -OCH3 is 1. The maximum absolute atomic E-state index is 5.06. The van der Waals surface area contributed by atoms with E-state index in [9.17, 15) is 0 Å². The van der Waals surface area contributed by atoms with E-state index in [4.69, 9.17) is 4.74 Å². The van der Waals surface area contributed by atoms with Gasteiger partial charge in [0.25, 0.3) is 0 Å². The first-order chi connectivity index (χ1) is 5.36. The second-order valence-corrected chi connectivity index (χ2v) is 2.94. The Labute approximate surface area is 68.8 Å². The van der Waals surface area contributed by atoms with E-state index in [0.29, 0.717) is 0 Å². The molecule has 0 atom stereocenters. The maximum Gasteiger partial charge on any atom is 0.0673 e. The molecular formula is C9H17NO. The number of hydrogen-bond donors (Lipinski definition) is 0. The minimum atomic E-state index is 0.817. The third-order valence-electron chi connectivity index (χ3n) is 2.16. The van der Waals surface area contributed by atoms with E-state index in [2.05, 4.69) is 17.9 Å². The zero-order valence-electron chi connectivity index (χ0n) is 7.47. The fourth-order valence-corrected chi connectivity index (χ4v) is 1.36. The van der Waals surface area contributed by atoms with Crippen LogP contribution in [-0.4, -0.2) is 38.3 Å². The molecule has 0 bridgehead atoms. The van der Waals surface area contributed by atoms with Crippen LogP contribution in [-0.2, 0) is 4.74 Å². The van der Waals surface area contributed by atoms with Crippen LogP contribution in [0.1, 0.15) is 13.3 Å². The smallest absolute Gasteiger partial charge is 0.0673 e. The van der Waals surface area contributed by atoms with Crippen molar-refractivity contribution in [2.24, 2.45) is 0 Å². The van der Waals surface area contributed by atoms with Gasteiger partial charge in [0.2, 0.25) is 0 Å². The minimum absolute atomic E-state index is 0.817. The van der Waals surface area contributed by atoms with Crippen molar-refractivity contribution in [2.45, 2.75) is 13.3 Å². The van der Waals surface area contributed by atoms with Gasteiger partial charge in [-0.05, 0) is 18.5 Å². The number of likely N-dealkylation sites (N-methyl/N-ethyl adjacent to an activating group) is 1. The molecule has 0 unspecified atom stereocenters. The van der Waals surface area contributed by atoms with Crippen LogP contribution in [0.2, 0.25) is 0 Å². The third kappa shape index (κ3) is 2.64. The second-order valence-electron chi connectivity index (χ2n) is 2.94. The van der Waals surface area contributed by atoms with Gasteiger partial charge in [-0.15, -0.1) is 0 Å². The number of ether oxygens (including phenoxy) is 1. The summed E-state index contributed by atoms with van der Waals surface area (Å²) in [7, 11) is 1.76. The van der Waals surface area contributed by atoms with E-state index in [1.807, 2.05) is 0 Å². The van der Waals surface area contributed by atoms with Crippen molar-refractivity contribution in [1.29, 1.82) is 0 Å². The Kier molecular flexibility index (Phi) is 3.60. The SMILES string of the molecule is CCN1CC=C(COC)CC1. The van der Waals surface area contributed by atoms with Crippen molar-refractivity contribution in [3.05, 3.63) is 11.6 Å². The molecule has 64 valence electrons. The van der Waals surface area contributed by atoms with Gasteiger partial charge in [-0.25, -0.2) is 0 Å². The predicted octanol–water partition coefficient (Wildman–Crippen LogP) is 1.28. The van der Waals surface area contributed by atoms with Crippen molar-refractivity contribution >= 4 is 0 Å². The summed E-state index contributed by atoms with van der Waals surface area (Å²) in [6.07, 6.45) is 3.47. The number of hydrogen-bond acceptors (Lipinski definition) is 2. The van der Waals surface area contributed by atoms with E-state index in [1.54, 1.807) is 7.11 Å². The van der Waals surface area contributed by atoms with Crippen LogP contribution in [0.4, 0.5) is 0 Å². The van der Waals surface area contributed by atoms with E-state index in [1.165, 1.54) is 18.5 Å². The van der Waals surface area contributed by atoms with Crippen molar-refractivity contribution in [3.63, 3.8) is 0 Å². The molecule has 2 heteroatoms. The van der Waals surface area contributed by atoms with Gasteiger partial charge in [0.05, 0.1) is 6.61 Å². The molecule has 11 heavy (non-hydrogen) atoms. The zero-order valence-corrected chi connectivity index (χ0v) is 7.47. The van der Waals surface area contributed by atoms with Crippen molar-refractivity contribution in [2.75, 3.05) is 33.4 Å². The first-order valence-corrected chi connectivity index (χ1v) is 4.26. The Morgan fingerprint density at radius 3 is 2.91 bits per heavy atom. The molecule has 0 amide bonds. The summed E-state index contributed by atoms with van der Waals surface area (Å²) in [5, 5.41) is 0. The molecule has 0 fully saturated rings. The molecule has 0 radical (unpaired) electrons. The maximum atomic E-state index is 5.06. The van der Waals surface area contributed by atoms with Crippen LogP contribution >= 0.6 is 0 Å². The lowest BCUT2D eigenvalue weighted by atomic mass is 10.1. The lowest BCUT2D eigenvalue weighted by Gasteiger charge is -2.24. The molecule has 0 saturated heterocycles. The Morgan fingerprint density at radius 2 is 2.45 bits per heavy atom. The van der Waals surface area contributed by atoms with Gasteiger partial charge < -0.3 is 4.74 Å². The average molecular weight is 155 g/mol. The molecule has 1 aliphatic rings. The summed E-state index contributed by atoms with van der Waals surface area (Å²) in [6.45, 7) is 6.49. The van der Waals surface area contributed by atoms with Gasteiger partial charge in [-0.3, -0.25) is 4.90 Å². The van der Waals surface area contributed by atoms with Crippen LogP contribution < -0.4 is 0 Å². The van der Waals surface area contributed by atoms with Crippen molar-refractivity contribution in [3.8, 4) is 0 Å². The van der Waals surface area contributed by atoms with Crippen molar-refractivity contribution < 1.29 is 4.74 Å². The van der Waals surface area contributed by atoms with Crippen LogP contribution in [0, 0.1) is 0 Å². The lowest BCUT2D eigenvalue weighted by Crippen LogP contribution is -2.29. The van der Waals surface area contributed by atoms with Crippen LogP contribution in [0.5, 0.6) is 0 Å². The first-order valence-electron chi connectivity index (χ1n) is 4.26. The molecule has 0 aromatic rings. The quantitative estimate of drug-likeness (QED) is 0.569. The molecule has 0 aliphatic carbocycles. The summed E-state index contributed by atoms with van der Waals surface area (Å²) in [4.78, 5) is 2.43. The van der Waals surface area contributed by atoms with Gasteiger partial charge in [-0.2, -0.15) is 0 Å². The summed E-state index contributed by atoms with van der Waals surface area (Å²) < 4.78 is 5.06. The standard InChI is InChI=1S/C9H17NO/c1-3-10-6-4-9(5-7-10)8-11-2/h4H,3,5-8H2,1-2H3. The number of rotatable bonds is 3. The van der Waals surface area contributed by atoms with Gasteiger partial charge >= 0.3 is 0 Å². The first kappa shape index (κ1) is 8.75. The summed E-state index contributed by atoms with van der Waals surface area (Å²) in [5.74, 6) is 0. The fraction of sp³-hybridized carbons (Fsp3) is 0.778. The molecular weight excluding hydrogens is 138 g/mol. The molecule has 0 aromatic carbocycles. The monoisotopic (exact) mass is 155 g/mol. The van der Waals surface area contributed by atoms with E-state index >= 15 is 0 Å². The topological polar surface area (TPSA) is 12.5 Å². The Bertz CT molecular complexity index is 142. The Balaban J connectivity index is 2.31. The molecule has 2 nitrogen and oxygen atoms in total. The van der Waals surface area contributed by atoms with Crippen LogP contribution in [0.25, 0.3) is 0 Å². The fourth-order valence-electron chi connectivity index (χ4n) is 1.36. The predicted molar refractivity (Wildman–Crippen MR) is 46.7 cm³/mol. The van der Waals surface area contributed by atoms with Crippen LogP contribution in [0.15, 0.2) is 11.6 Å². The Hall–Kier alpha value is -0.340. The summed E-state index contributed by atoms with van der Waals surface area (Å²) in [6, 6.07) is 0. The van der Waals surface area contributed by atoms with Gasteiger partial charge in [0.1, 0.15) is 0 Å². The van der Waals surface area contributed by atoms with E-state index in [-0.39, 0.29) is 0 Å². The molecule has 0 saturated carbocycles. The third-order valence-corrected chi connectivity index (χ3v) is 2.16. The Morgan fingerprint density at radius 1 is 1.64 bits per heavy atom. The molecule has 0 aromatic heterocycles. The largest absolute Gasteiger partial charge is 0.380 e. The average Bonchev–Trinajstić information content (AvgIpc) is 2.07. The normalized spacial score (nSPS) is 20.0. The minimum Gasteiger partial charge on any atom is -0.380 e. The molecule has 1 heterocycles. The van der Waals surface area contributed by atoms with Gasteiger partial charge in [0.15, 0.2) is 0 Å². The van der Waals surface area contributed by atoms with Crippen LogP contribution in [0.3, 0.4) is 0 Å². The highest BCUT2D eigenvalue weighted by Gasteiger charge is 2.08. The van der Waals surface area contributed by atoms with Crippen molar-refractivity contribution in [1.82, 2.24) is 4.90 Å². The summed E-state index contributed by atoms with van der Waals surface area (Å²) in [5.41, 5.74) is 1.46. The molecule has 1 aliphatic heterocycles. The second kappa shape index (κ2) is 4.52. The lowest BCUT2D eigenvalue weighted by molar-refractivity contribution is 0.213. The summed E-state index contributed by atoms with van der Waals surface area (Å²) >= 11 is 0. The van der Waals surface area contributed by atoms with E-state index in [0.717, 1.165) is 19.7 Å². The van der Waals surface area contributed by atoms with E-state index < -0.39 is 0 Å². The molecule has 0 N–H and O–H groups in total. The highest BCUT2D eigenvalue weighted by Crippen LogP contribution is 2.09.